The second-order valence-electron chi connectivity index (χ2n) is 7.93. The van der Waals surface area contributed by atoms with Gasteiger partial charge in [0.25, 0.3) is 0 Å². The largest absolute Gasteiger partial charge is 0.461 e. The Labute approximate surface area is 172 Å². The summed E-state index contributed by atoms with van der Waals surface area (Å²) >= 11 is 1.65. The van der Waals surface area contributed by atoms with E-state index < -0.39 is 5.41 Å². The van der Waals surface area contributed by atoms with Crippen LogP contribution in [0.5, 0.6) is 0 Å². The van der Waals surface area contributed by atoms with Crippen molar-refractivity contribution in [2.75, 3.05) is 6.54 Å². The van der Waals surface area contributed by atoms with Crippen molar-refractivity contribution in [3.63, 3.8) is 0 Å². The summed E-state index contributed by atoms with van der Waals surface area (Å²) in [6, 6.07) is 7.88. The molecule has 3 aromatic rings. The van der Waals surface area contributed by atoms with Gasteiger partial charge in [0.2, 0.25) is 11.7 Å². The predicted molar refractivity (Wildman–Crippen MR) is 110 cm³/mol. The molecule has 7 nitrogen and oxygen atoms in total. The van der Waals surface area contributed by atoms with Crippen LogP contribution in [-0.2, 0) is 16.8 Å². The molecule has 0 atom stereocenters. The maximum atomic E-state index is 13.1. The number of carbonyl (C=O) groups excluding carboxylic acids is 1. The van der Waals surface area contributed by atoms with Crippen LogP contribution in [0.4, 0.5) is 0 Å². The zero-order valence-electron chi connectivity index (χ0n) is 16.2. The molecule has 3 heterocycles. The fraction of sp³-hybridized carbons (Fsp3) is 0.476. The van der Waals surface area contributed by atoms with Crippen LogP contribution in [0.1, 0.15) is 49.4 Å². The highest BCUT2D eigenvalue weighted by Gasteiger charge is 2.43. The highest BCUT2D eigenvalue weighted by Crippen LogP contribution is 2.43. The fourth-order valence-corrected chi connectivity index (χ4v) is 5.34. The lowest BCUT2D eigenvalue weighted by Gasteiger charge is -2.26. The van der Waals surface area contributed by atoms with E-state index >= 15 is 0 Å². The summed E-state index contributed by atoms with van der Waals surface area (Å²) in [5, 5.41) is 9.60. The molecule has 2 fully saturated rings. The molecule has 2 saturated carbocycles. The summed E-state index contributed by atoms with van der Waals surface area (Å²) in [5.74, 6) is 1.23. The lowest BCUT2D eigenvalue weighted by molar-refractivity contribution is -0.126. The summed E-state index contributed by atoms with van der Waals surface area (Å²) in [6.45, 7) is 0.726. The average molecular weight is 413 g/mol. The smallest absolute Gasteiger partial charge is 0.346 e. The molecule has 152 valence electrons. The molecule has 0 aromatic carbocycles. The molecule has 0 bridgehead atoms. The normalized spacial score (nSPS) is 18.2. The van der Waals surface area contributed by atoms with Crippen LogP contribution in [-0.4, -0.2) is 26.8 Å². The van der Waals surface area contributed by atoms with Crippen LogP contribution in [0.3, 0.4) is 0 Å². The summed E-state index contributed by atoms with van der Waals surface area (Å²) < 4.78 is 8.64. The third-order valence-corrected chi connectivity index (χ3v) is 7.09. The first kappa shape index (κ1) is 18.4. The van der Waals surface area contributed by atoms with E-state index in [1.807, 2.05) is 17.5 Å². The summed E-state index contributed by atoms with van der Waals surface area (Å²) in [4.78, 5) is 27.1. The number of amides is 1. The van der Waals surface area contributed by atoms with E-state index in [9.17, 15) is 9.59 Å². The Balaban J connectivity index is 1.31. The fourth-order valence-electron chi connectivity index (χ4n) is 4.36. The van der Waals surface area contributed by atoms with Gasteiger partial charge >= 0.3 is 5.69 Å². The zero-order valence-corrected chi connectivity index (χ0v) is 17.0. The molecule has 0 spiro atoms. The molecule has 1 N–H and O–H groups in total. The number of thiophene rings is 1. The van der Waals surface area contributed by atoms with Gasteiger partial charge in [-0.1, -0.05) is 18.9 Å². The van der Waals surface area contributed by atoms with Gasteiger partial charge in [-0.15, -0.1) is 16.4 Å². The first-order chi connectivity index (χ1) is 14.2. The molecule has 8 heteroatoms. The van der Waals surface area contributed by atoms with Crippen molar-refractivity contribution in [2.24, 2.45) is 0 Å². The molecule has 0 radical (unpaired) electrons. The minimum absolute atomic E-state index is 0.0679. The molecule has 0 unspecified atom stereocenters. The van der Waals surface area contributed by atoms with Crippen molar-refractivity contribution in [2.45, 2.75) is 56.5 Å². The summed E-state index contributed by atoms with van der Waals surface area (Å²) in [6.07, 6.45) is 7.48. The Morgan fingerprint density at radius 1 is 1.28 bits per heavy atom. The number of nitrogens with zero attached hydrogens (tertiary/aromatic N) is 3. The van der Waals surface area contributed by atoms with Gasteiger partial charge in [0, 0.05) is 17.5 Å². The van der Waals surface area contributed by atoms with Crippen molar-refractivity contribution < 1.29 is 9.21 Å². The van der Waals surface area contributed by atoms with Gasteiger partial charge in [-0.3, -0.25) is 9.36 Å². The summed E-state index contributed by atoms with van der Waals surface area (Å²) in [5.41, 5.74) is -0.548. The van der Waals surface area contributed by atoms with Crippen LogP contribution in [0.2, 0.25) is 0 Å². The highest BCUT2D eigenvalue weighted by atomic mass is 32.1. The van der Waals surface area contributed by atoms with Crippen molar-refractivity contribution >= 4 is 17.2 Å². The number of hydrogen-bond donors (Lipinski definition) is 1. The molecule has 5 rings (SSSR count). The van der Waals surface area contributed by atoms with E-state index in [-0.39, 0.29) is 17.6 Å². The second kappa shape index (κ2) is 7.33. The van der Waals surface area contributed by atoms with Gasteiger partial charge in [0.1, 0.15) is 0 Å². The first-order valence-electron chi connectivity index (χ1n) is 10.2. The molecular formula is C21H24N4O3S. The van der Waals surface area contributed by atoms with E-state index in [1.165, 1.54) is 4.68 Å². The number of nitrogens with one attached hydrogen (secondary N) is 1. The third kappa shape index (κ3) is 3.25. The molecule has 2 aliphatic rings. The standard InChI is InChI=1S/C21H24N4O3S/c26-19(21(9-1-2-10-21)17-6-4-14-29-17)22-11-12-24-20(27)25(15-7-8-15)18(23-24)16-5-3-13-28-16/h3-6,13-15H,1-2,7-12H2,(H,22,26). The Morgan fingerprint density at radius 2 is 2.10 bits per heavy atom. The Hall–Kier alpha value is -2.61. The Morgan fingerprint density at radius 3 is 2.76 bits per heavy atom. The molecule has 0 aliphatic heterocycles. The quantitative estimate of drug-likeness (QED) is 0.645. The maximum Gasteiger partial charge on any atom is 0.346 e. The summed E-state index contributed by atoms with van der Waals surface area (Å²) in [7, 11) is 0. The Kier molecular flexibility index (Phi) is 4.66. The van der Waals surface area contributed by atoms with Gasteiger partial charge in [-0.25, -0.2) is 9.48 Å². The third-order valence-electron chi connectivity index (χ3n) is 6.02. The molecule has 1 amide bonds. The van der Waals surface area contributed by atoms with Crippen molar-refractivity contribution in [1.29, 1.82) is 0 Å². The molecular weight excluding hydrogens is 388 g/mol. The van der Waals surface area contributed by atoms with E-state index in [0.29, 0.717) is 24.7 Å². The number of aromatic nitrogens is 3. The predicted octanol–water partition coefficient (Wildman–Crippen LogP) is 3.33. The molecule has 3 aromatic heterocycles. The number of hydrogen-bond acceptors (Lipinski definition) is 5. The van der Waals surface area contributed by atoms with Gasteiger partial charge in [0.05, 0.1) is 18.2 Å². The Bertz CT molecular complexity index is 1040. The second-order valence-corrected chi connectivity index (χ2v) is 8.88. The highest BCUT2D eigenvalue weighted by molar-refractivity contribution is 7.10. The van der Waals surface area contributed by atoms with Gasteiger partial charge < -0.3 is 9.73 Å². The average Bonchev–Trinajstić information content (AvgIpc) is 3.23. The van der Waals surface area contributed by atoms with E-state index in [0.717, 1.165) is 43.4 Å². The number of rotatable bonds is 7. The first-order valence-corrected chi connectivity index (χ1v) is 11.1. The maximum absolute atomic E-state index is 13.1. The van der Waals surface area contributed by atoms with E-state index in [1.54, 1.807) is 28.2 Å². The van der Waals surface area contributed by atoms with Gasteiger partial charge in [-0.05, 0) is 49.3 Å². The molecule has 0 saturated heterocycles. The number of furan rings is 1. The minimum Gasteiger partial charge on any atom is -0.461 e. The van der Waals surface area contributed by atoms with Crippen LogP contribution < -0.4 is 11.0 Å². The zero-order chi connectivity index (χ0) is 19.8. The van der Waals surface area contributed by atoms with E-state index in [4.69, 9.17) is 4.42 Å². The van der Waals surface area contributed by atoms with Crippen molar-refractivity contribution in [1.82, 2.24) is 19.7 Å². The monoisotopic (exact) mass is 412 g/mol. The van der Waals surface area contributed by atoms with Crippen molar-refractivity contribution in [3.05, 3.63) is 51.3 Å². The molecule has 29 heavy (non-hydrogen) atoms. The minimum atomic E-state index is -0.411. The lowest BCUT2D eigenvalue weighted by Crippen LogP contribution is -2.43. The number of carbonyl (C=O) groups is 1. The topological polar surface area (TPSA) is 82.1 Å². The van der Waals surface area contributed by atoms with Gasteiger partial charge in [0.15, 0.2) is 5.76 Å². The SMILES string of the molecule is O=C(NCCn1nc(-c2ccco2)n(C2CC2)c1=O)C1(c2cccs2)CCCC1. The van der Waals surface area contributed by atoms with Gasteiger partial charge in [-0.2, -0.15) is 0 Å². The van der Waals surface area contributed by atoms with E-state index in [2.05, 4.69) is 16.5 Å². The van der Waals surface area contributed by atoms with Crippen LogP contribution in [0.15, 0.2) is 45.1 Å². The van der Waals surface area contributed by atoms with Crippen LogP contribution in [0, 0.1) is 0 Å². The molecule has 2 aliphatic carbocycles. The lowest BCUT2D eigenvalue weighted by atomic mass is 9.83. The van der Waals surface area contributed by atoms with Crippen LogP contribution in [0.25, 0.3) is 11.6 Å². The van der Waals surface area contributed by atoms with Crippen molar-refractivity contribution in [3.8, 4) is 11.6 Å². The van der Waals surface area contributed by atoms with Crippen LogP contribution >= 0.6 is 11.3 Å².